The van der Waals surface area contributed by atoms with E-state index >= 15 is 0 Å². The lowest BCUT2D eigenvalue weighted by Crippen LogP contribution is -2.15. The molecule has 0 saturated heterocycles. The zero-order valence-electron chi connectivity index (χ0n) is 10.5. The van der Waals surface area contributed by atoms with Gasteiger partial charge in [0.15, 0.2) is 5.82 Å². The van der Waals surface area contributed by atoms with Crippen molar-refractivity contribution in [2.75, 3.05) is 16.6 Å². The molecule has 7 nitrogen and oxygen atoms in total. The monoisotopic (exact) mass is 282 g/mol. The summed E-state index contributed by atoms with van der Waals surface area (Å²) in [6.07, 6.45) is 0. The summed E-state index contributed by atoms with van der Waals surface area (Å²) in [7, 11) is -3.76. The SMILES string of the molecule is CCNc1ccccc1S(=O)(=O)Nc1nc(C)no1. The van der Waals surface area contributed by atoms with Crippen molar-refractivity contribution in [2.24, 2.45) is 0 Å². The summed E-state index contributed by atoms with van der Waals surface area (Å²) in [5.41, 5.74) is 0.522. The number of benzene rings is 1. The summed E-state index contributed by atoms with van der Waals surface area (Å²) in [5.74, 6) is 0.359. The van der Waals surface area contributed by atoms with E-state index in [-0.39, 0.29) is 10.9 Å². The van der Waals surface area contributed by atoms with E-state index in [1.165, 1.54) is 6.07 Å². The standard InChI is InChI=1S/C11H14N4O3S/c1-3-12-9-6-4-5-7-10(9)19(16,17)15-11-13-8(2)14-18-11/h4-7,12H,3H2,1-2H3,(H,13,14,15). The molecule has 8 heteroatoms. The van der Waals surface area contributed by atoms with Crippen molar-refractivity contribution in [3.63, 3.8) is 0 Å². The fourth-order valence-corrected chi connectivity index (χ4v) is 2.66. The molecule has 0 aliphatic heterocycles. The first-order valence-electron chi connectivity index (χ1n) is 5.69. The van der Waals surface area contributed by atoms with E-state index in [1.807, 2.05) is 6.92 Å². The summed E-state index contributed by atoms with van der Waals surface area (Å²) in [4.78, 5) is 3.94. The van der Waals surface area contributed by atoms with Crippen molar-refractivity contribution in [1.29, 1.82) is 0 Å². The van der Waals surface area contributed by atoms with Crippen molar-refractivity contribution < 1.29 is 12.9 Å². The van der Waals surface area contributed by atoms with Crippen molar-refractivity contribution >= 4 is 21.7 Å². The van der Waals surface area contributed by atoms with Gasteiger partial charge in [-0.1, -0.05) is 17.3 Å². The van der Waals surface area contributed by atoms with Crippen LogP contribution >= 0.6 is 0 Å². The largest absolute Gasteiger partial charge is 0.384 e. The van der Waals surface area contributed by atoms with Crippen LogP contribution in [-0.2, 0) is 10.0 Å². The average Bonchev–Trinajstić information content (AvgIpc) is 2.75. The van der Waals surface area contributed by atoms with Gasteiger partial charge in [0.05, 0.1) is 5.69 Å². The summed E-state index contributed by atoms with van der Waals surface area (Å²) in [6, 6.07) is 6.45. The van der Waals surface area contributed by atoms with Crippen LogP contribution in [0.1, 0.15) is 12.7 Å². The molecule has 0 fully saturated rings. The molecule has 0 unspecified atom stereocenters. The van der Waals surface area contributed by atoms with Gasteiger partial charge in [-0.05, 0) is 26.0 Å². The normalized spacial score (nSPS) is 11.3. The number of hydrogen-bond donors (Lipinski definition) is 2. The molecule has 2 aromatic rings. The maximum atomic E-state index is 12.2. The molecule has 2 rings (SSSR count). The molecular weight excluding hydrogens is 268 g/mol. The van der Waals surface area contributed by atoms with Crippen molar-refractivity contribution in [3.8, 4) is 0 Å². The molecule has 0 aliphatic carbocycles. The predicted octanol–water partition coefficient (Wildman–Crippen LogP) is 1.61. The van der Waals surface area contributed by atoms with Crippen LogP contribution in [0.25, 0.3) is 0 Å². The third-order valence-corrected chi connectivity index (χ3v) is 3.67. The number of rotatable bonds is 5. The van der Waals surface area contributed by atoms with Gasteiger partial charge in [-0.2, -0.15) is 4.98 Å². The molecule has 19 heavy (non-hydrogen) atoms. The first-order chi connectivity index (χ1) is 9.03. The lowest BCUT2D eigenvalue weighted by molar-refractivity contribution is 0.429. The highest BCUT2D eigenvalue weighted by Crippen LogP contribution is 2.22. The van der Waals surface area contributed by atoms with Crippen LogP contribution in [0.15, 0.2) is 33.7 Å². The molecular formula is C11H14N4O3S. The number of nitrogens with one attached hydrogen (secondary N) is 2. The van der Waals surface area contributed by atoms with Gasteiger partial charge in [0, 0.05) is 6.54 Å². The Morgan fingerprint density at radius 3 is 2.68 bits per heavy atom. The highest BCUT2D eigenvalue weighted by atomic mass is 32.2. The van der Waals surface area contributed by atoms with Gasteiger partial charge in [-0.15, -0.1) is 0 Å². The Balaban J connectivity index is 2.34. The number of hydrogen-bond acceptors (Lipinski definition) is 6. The Morgan fingerprint density at radius 1 is 1.32 bits per heavy atom. The number of aromatic nitrogens is 2. The van der Waals surface area contributed by atoms with E-state index in [1.54, 1.807) is 25.1 Å². The third-order valence-electron chi connectivity index (χ3n) is 2.29. The minimum absolute atomic E-state index is 0.132. The number of nitrogens with zero attached hydrogens (tertiary/aromatic N) is 2. The van der Waals surface area contributed by atoms with E-state index in [2.05, 4.69) is 20.2 Å². The molecule has 0 radical (unpaired) electrons. The molecule has 0 aliphatic rings. The zero-order valence-corrected chi connectivity index (χ0v) is 11.4. The highest BCUT2D eigenvalue weighted by molar-refractivity contribution is 7.92. The number of aryl methyl sites for hydroxylation is 1. The Bertz CT molecular complexity index is 666. The number of anilines is 2. The minimum atomic E-state index is -3.76. The Morgan fingerprint density at radius 2 is 2.05 bits per heavy atom. The molecule has 0 saturated carbocycles. The van der Waals surface area contributed by atoms with Crippen LogP contribution in [0.4, 0.5) is 11.7 Å². The second-order valence-corrected chi connectivity index (χ2v) is 5.43. The summed E-state index contributed by atoms with van der Waals surface area (Å²) >= 11 is 0. The molecule has 0 spiro atoms. The Labute approximate surface area is 111 Å². The first kappa shape index (κ1) is 13.3. The van der Waals surface area contributed by atoms with Crippen LogP contribution in [0.3, 0.4) is 0 Å². The van der Waals surface area contributed by atoms with Gasteiger partial charge in [0.25, 0.3) is 10.0 Å². The molecule has 0 amide bonds. The second-order valence-electron chi connectivity index (χ2n) is 3.78. The summed E-state index contributed by atoms with van der Waals surface area (Å²) in [5, 5.41) is 6.51. The maximum absolute atomic E-state index is 12.2. The van der Waals surface area contributed by atoms with Crippen LogP contribution in [0.2, 0.25) is 0 Å². The van der Waals surface area contributed by atoms with Gasteiger partial charge < -0.3 is 9.84 Å². The number of sulfonamides is 1. The maximum Gasteiger partial charge on any atom is 0.335 e. The lowest BCUT2D eigenvalue weighted by atomic mass is 10.3. The van der Waals surface area contributed by atoms with Crippen molar-refractivity contribution in [1.82, 2.24) is 10.1 Å². The van der Waals surface area contributed by atoms with E-state index in [0.29, 0.717) is 18.1 Å². The van der Waals surface area contributed by atoms with Gasteiger partial charge in [0.1, 0.15) is 4.90 Å². The van der Waals surface area contributed by atoms with Crippen LogP contribution < -0.4 is 10.0 Å². The molecule has 1 aromatic heterocycles. The minimum Gasteiger partial charge on any atom is -0.384 e. The van der Waals surface area contributed by atoms with E-state index < -0.39 is 10.0 Å². The molecule has 0 bridgehead atoms. The van der Waals surface area contributed by atoms with Crippen LogP contribution in [-0.4, -0.2) is 25.1 Å². The highest BCUT2D eigenvalue weighted by Gasteiger charge is 2.20. The van der Waals surface area contributed by atoms with Gasteiger partial charge in [-0.25, -0.2) is 13.1 Å². The fraction of sp³-hybridized carbons (Fsp3) is 0.273. The van der Waals surface area contributed by atoms with E-state index in [9.17, 15) is 8.42 Å². The summed E-state index contributed by atoms with van der Waals surface area (Å²) in [6.45, 7) is 4.11. The zero-order chi connectivity index (χ0) is 13.9. The average molecular weight is 282 g/mol. The van der Waals surface area contributed by atoms with E-state index in [4.69, 9.17) is 4.52 Å². The van der Waals surface area contributed by atoms with Gasteiger partial charge >= 0.3 is 6.01 Å². The van der Waals surface area contributed by atoms with Gasteiger partial charge in [0.2, 0.25) is 0 Å². The third kappa shape index (κ3) is 3.02. The lowest BCUT2D eigenvalue weighted by Gasteiger charge is -2.10. The number of para-hydroxylation sites is 1. The van der Waals surface area contributed by atoms with Crippen LogP contribution in [0, 0.1) is 6.92 Å². The Hall–Kier alpha value is -2.09. The smallest absolute Gasteiger partial charge is 0.335 e. The second kappa shape index (κ2) is 5.27. The molecule has 0 atom stereocenters. The van der Waals surface area contributed by atoms with Crippen molar-refractivity contribution in [3.05, 3.63) is 30.1 Å². The predicted molar refractivity (Wildman–Crippen MR) is 70.4 cm³/mol. The Kier molecular flexibility index (Phi) is 3.70. The fourth-order valence-electron chi connectivity index (χ4n) is 1.55. The topological polar surface area (TPSA) is 97.1 Å². The molecule has 1 heterocycles. The molecule has 2 N–H and O–H groups in total. The quantitative estimate of drug-likeness (QED) is 0.864. The van der Waals surface area contributed by atoms with Gasteiger partial charge in [-0.3, -0.25) is 0 Å². The summed E-state index contributed by atoms with van der Waals surface area (Å²) < 4.78 is 31.5. The molecule has 102 valence electrons. The van der Waals surface area contributed by atoms with Crippen molar-refractivity contribution in [2.45, 2.75) is 18.7 Å². The van der Waals surface area contributed by atoms with Crippen LogP contribution in [0.5, 0.6) is 0 Å². The van der Waals surface area contributed by atoms with E-state index in [0.717, 1.165) is 0 Å². The molecule has 1 aromatic carbocycles. The first-order valence-corrected chi connectivity index (χ1v) is 7.17.